The molecule has 2 aromatic heterocycles. The standard InChI is InChI=1S/C24H28N6O/c1-15-6-7-19(16(2)10-15)14-29-12-18(4)30(13-17(29)3)23-22-21(28(5)24(31)27-23)9-8-20(11-25)26-22/h6-10,17-18H,12-14H2,1-5H3/t17-,18+/m1/s1. The van der Waals surface area contributed by atoms with Crippen LogP contribution in [0.5, 0.6) is 0 Å². The van der Waals surface area contributed by atoms with Gasteiger partial charge in [0.1, 0.15) is 17.3 Å². The molecule has 0 radical (unpaired) electrons. The third-order valence-corrected chi connectivity index (χ3v) is 6.31. The van der Waals surface area contributed by atoms with Crippen LogP contribution in [-0.4, -0.2) is 44.6 Å². The highest BCUT2D eigenvalue weighted by Crippen LogP contribution is 2.28. The maximum Gasteiger partial charge on any atom is 0.349 e. The lowest BCUT2D eigenvalue weighted by molar-refractivity contribution is 0.157. The van der Waals surface area contributed by atoms with E-state index in [1.165, 1.54) is 21.3 Å². The average Bonchev–Trinajstić information content (AvgIpc) is 2.74. The summed E-state index contributed by atoms with van der Waals surface area (Å²) in [6.07, 6.45) is 0. The molecule has 2 atom stereocenters. The monoisotopic (exact) mass is 416 g/mol. The quantitative estimate of drug-likeness (QED) is 0.653. The minimum absolute atomic E-state index is 0.150. The van der Waals surface area contributed by atoms with Gasteiger partial charge in [-0.1, -0.05) is 23.8 Å². The van der Waals surface area contributed by atoms with Crippen molar-refractivity contribution in [2.24, 2.45) is 7.05 Å². The molecule has 0 amide bonds. The van der Waals surface area contributed by atoms with Crippen LogP contribution in [-0.2, 0) is 13.6 Å². The van der Waals surface area contributed by atoms with Crippen LogP contribution in [0.1, 0.15) is 36.2 Å². The zero-order valence-corrected chi connectivity index (χ0v) is 18.8. The van der Waals surface area contributed by atoms with E-state index in [0.29, 0.717) is 22.5 Å². The third kappa shape index (κ3) is 3.91. The molecule has 3 aromatic rings. The minimum atomic E-state index is -0.313. The van der Waals surface area contributed by atoms with Crippen LogP contribution in [0.2, 0.25) is 0 Å². The summed E-state index contributed by atoms with van der Waals surface area (Å²) in [5.41, 5.74) is 5.23. The van der Waals surface area contributed by atoms with Gasteiger partial charge in [0.15, 0.2) is 5.82 Å². The van der Waals surface area contributed by atoms with Crippen LogP contribution in [0.15, 0.2) is 35.1 Å². The van der Waals surface area contributed by atoms with Crippen LogP contribution in [0.25, 0.3) is 11.0 Å². The van der Waals surface area contributed by atoms with Gasteiger partial charge in [0.25, 0.3) is 0 Å². The van der Waals surface area contributed by atoms with E-state index >= 15 is 0 Å². The summed E-state index contributed by atoms with van der Waals surface area (Å²) in [4.78, 5) is 26.0. The van der Waals surface area contributed by atoms with Crippen molar-refractivity contribution in [3.63, 3.8) is 0 Å². The number of hydrogen-bond acceptors (Lipinski definition) is 6. The van der Waals surface area contributed by atoms with Gasteiger partial charge in [-0.05, 0) is 51.0 Å². The fourth-order valence-corrected chi connectivity index (χ4v) is 4.43. The maximum absolute atomic E-state index is 12.5. The number of nitrogens with zero attached hydrogens (tertiary/aromatic N) is 6. The van der Waals surface area contributed by atoms with E-state index < -0.39 is 0 Å². The highest BCUT2D eigenvalue weighted by atomic mass is 16.1. The van der Waals surface area contributed by atoms with Crippen LogP contribution < -0.4 is 10.6 Å². The van der Waals surface area contributed by atoms with Gasteiger partial charge in [-0.3, -0.25) is 9.47 Å². The third-order valence-electron chi connectivity index (χ3n) is 6.31. The van der Waals surface area contributed by atoms with E-state index in [0.717, 1.165) is 19.6 Å². The predicted octanol–water partition coefficient (Wildman–Crippen LogP) is 2.92. The van der Waals surface area contributed by atoms with Gasteiger partial charge in [0, 0.05) is 38.8 Å². The van der Waals surface area contributed by atoms with Crippen LogP contribution in [0, 0.1) is 25.2 Å². The Morgan fingerprint density at radius 1 is 1.10 bits per heavy atom. The van der Waals surface area contributed by atoms with Gasteiger partial charge in [-0.25, -0.2) is 9.78 Å². The molecule has 1 saturated heterocycles. The average molecular weight is 417 g/mol. The molecule has 0 aliphatic carbocycles. The molecule has 0 bridgehead atoms. The van der Waals surface area contributed by atoms with Gasteiger partial charge >= 0.3 is 5.69 Å². The second-order valence-electron chi connectivity index (χ2n) is 8.66. The SMILES string of the molecule is Cc1ccc(CN2C[C@H](C)N(c3nc(=O)n(C)c4ccc(C#N)nc34)C[C@H]2C)c(C)c1. The fourth-order valence-electron chi connectivity index (χ4n) is 4.43. The van der Waals surface area contributed by atoms with E-state index in [1.54, 1.807) is 19.2 Å². The first kappa shape index (κ1) is 21.0. The van der Waals surface area contributed by atoms with Gasteiger partial charge in [-0.15, -0.1) is 0 Å². The molecule has 7 heteroatoms. The van der Waals surface area contributed by atoms with Gasteiger partial charge < -0.3 is 4.90 Å². The Morgan fingerprint density at radius 3 is 2.58 bits per heavy atom. The summed E-state index contributed by atoms with van der Waals surface area (Å²) in [5, 5.41) is 9.31. The van der Waals surface area contributed by atoms with Crippen molar-refractivity contribution in [2.75, 3.05) is 18.0 Å². The van der Waals surface area contributed by atoms with E-state index in [2.05, 4.69) is 71.7 Å². The number of hydrogen-bond donors (Lipinski definition) is 0. The van der Waals surface area contributed by atoms with Crippen molar-refractivity contribution in [1.29, 1.82) is 5.26 Å². The Kier molecular flexibility index (Phi) is 5.50. The van der Waals surface area contributed by atoms with Crippen LogP contribution >= 0.6 is 0 Å². The number of fused-ring (bicyclic) bond motifs is 1. The van der Waals surface area contributed by atoms with Crippen molar-refractivity contribution in [1.82, 2.24) is 19.4 Å². The highest BCUT2D eigenvalue weighted by molar-refractivity contribution is 5.86. The largest absolute Gasteiger partial charge is 0.349 e. The highest BCUT2D eigenvalue weighted by Gasteiger charge is 2.32. The number of anilines is 1. The molecule has 0 N–H and O–H groups in total. The van der Waals surface area contributed by atoms with Crippen LogP contribution in [0.3, 0.4) is 0 Å². The topological polar surface area (TPSA) is 78.0 Å². The molecule has 31 heavy (non-hydrogen) atoms. The van der Waals surface area contributed by atoms with Crippen LogP contribution in [0.4, 0.5) is 5.82 Å². The number of rotatable bonds is 3. The number of benzene rings is 1. The lowest BCUT2D eigenvalue weighted by atomic mass is 10.0. The molecule has 3 heterocycles. The van der Waals surface area contributed by atoms with Crippen molar-refractivity contribution in [3.05, 3.63) is 63.2 Å². The fraction of sp³-hybridized carbons (Fsp3) is 0.417. The summed E-state index contributed by atoms with van der Waals surface area (Å²) in [6, 6.07) is 12.6. The first-order valence-corrected chi connectivity index (χ1v) is 10.6. The van der Waals surface area contributed by atoms with E-state index in [1.807, 2.05) is 0 Å². The lowest BCUT2D eigenvalue weighted by Gasteiger charge is -2.45. The molecule has 0 saturated carbocycles. The van der Waals surface area contributed by atoms with E-state index in [9.17, 15) is 10.1 Å². The number of nitriles is 1. The molecule has 0 spiro atoms. The smallest absolute Gasteiger partial charge is 0.349 e. The second kappa shape index (κ2) is 8.12. The molecule has 1 aromatic carbocycles. The van der Waals surface area contributed by atoms with E-state index in [-0.39, 0.29) is 17.8 Å². The summed E-state index contributed by atoms with van der Waals surface area (Å²) in [7, 11) is 1.68. The molecule has 160 valence electrons. The summed E-state index contributed by atoms with van der Waals surface area (Å²) < 4.78 is 1.48. The predicted molar refractivity (Wildman–Crippen MR) is 122 cm³/mol. The molecule has 7 nitrogen and oxygen atoms in total. The Morgan fingerprint density at radius 2 is 1.87 bits per heavy atom. The second-order valence-corrected chi connectivity index (χ2v) is 8.66. The summed E-state index contributed by atoms with van der Waals surface area (Å²) in [5.74, 6) is 0.570. The molecule has 0 unspecified atom stereocenters. The van der Waals surface area contributed by atoms with Gasteiger partial charge in [0.05, 0.1) is 5.52 Å². The number of aromatic nitrogens is 3. The van der Waals surface area contributed by atoms with Crippen molar-refractivity contribution < 1.29 is 0 Å². The Labute approximate surface area is 182 Å². The molecular formula is C24H28N6O. The molecule has 1 aliphatic heterocycles. The Bertz CT molecular complexity index is 1240. The number of piperazine rings is 1. The maximum atomic E-state index is 12.5. The van der Waals surface area contributed by atoms with Crippen molar-refractivity contribution in [3.8, 4) is 6.07 Å². The van der Waals surface area contributed by atoms with Crippen molar-refractivity contribution >= 4 is 16.9 Å². The summed E-state index contributed by atoms with van der Waals surface area (Å²) in [6.45, 7) is 11.1. The summed E-state index contributed by atoms with van der Waals surface area (Å²) >= 11 is 0. The zero-order valence-electron chi connectivity index (χ0n) is 18.8. The molecular weight excluding hydrogens is 388 g/mol. The van der Waals surface area contributed by atoms with E-state index in [4.69, 9.17) is 0 Å². The van der Waals surface area contributed by atoms with Crippen molar-refractivity contribution in [2.45, 2.75) is 46.3 Å². The zero-order chi connectivity index (χ0) is 22.3. The normalized spacial score (nSPS) is 19.5. The first-order chi connectivity index (χ1) is 14.8. The Hall–Kier alpha value is -3.24. The van der Waals surface area contributed by atoms with Gasteiger partial charge in [-0.2, -0.15) is 10.2 Å². The Balaban J connectivity index is 1.67. The lowest BCUT2D eigenvalue weighted by Crippen LogP contribution is -2.56. The van der Waals surface area contributed by atoms with Gasteiger partial charge in [0.2, 0.25) is 0 Å². The molecule has 4 rings (SSSR count). The first-order valence-electron chi connectivity index (χ1n) is 10.6. The molecule has 1 fully saturated rings. The molecule has 1 aliphatic rings. The number of pyridine rings is 1. The number of aryl methyl sites for hydroxylation is 3. The minimum Gasteiger partial charge on any atom is -0.349 e.